The SMILES string of the molecule is CC(=O)N1CCCC1C(=O)CCC1CCCCC1. The molecule has 0 aromatic carbocycles. The molecule has 0 aromatic rings. The van der Waals surface area contributed by atoms with Gasteiger partial charge in [0.25, 0.3) is 0 Å². The first-order valence-corrected chi connectivity index (χ1v) is 7.48. The molecular weight excluding hydrogens is 226 g/mol. The van der Waals surface area contributed by atoms with Crippen LogP contribution in [0.1, 0.15) is 64.7 Å². The third-order valence-corrected chi connectivity index (χ3v) is 4.55. The summed E-state index contributed by atoms with van der Waals surface area (Å²) in [5.41, 5.74) is 0. The van der Waals surface area contributed by atoms with Crippen LogP contribution >= 0.6 is 0 Å². The minimum Gasteiger partial charge on any atom is -0.333 e. The summed E-state index contributed by atoms with van der Waals surface area (Å²) >= 11 is 0. The molecule has 0 spiro atoms. The molecular formula is C15H25NO2. The second kappa shape index (κ2) is 6.35. The number of amides is 1. The number of ketones is 1. The van der Waals surface area contributed by atoms with E-state index in [0.29, 0.717) is 12.2 Å². The number of Topliss-reactive ketones (excluding diaryl/α,β-unsaturated/α-hetero) is 1. The molecule has 1 unspecified atom stereocenters. The number of nitrogens with zero attached hydrogens (tertiary/aromatic N) is 1. The van der Waals surface area contributed by atoms with E-state index in [4.69, 9.17) is 0 Å². The lowest BCUT2D eigenvalue weighted by molar-refractivity contribution is -0.136. The molecule has 1 atom stereocenters. The van der Waals surface area contributed by atoms with Crippen LogP contribution in [-0.2, 0) is 9.59 Å². The van der Waals surface area contributed by atoms with Gasteiger partial charge in [0.1, 0.15) is 0 Å². The number of likely N-dealkylation sites (tertiary alicyclic amines) is 1. The first kappa shape index (κ1) is 13.6. The summed E-state index contributed by atoms with van der Waals surface area (Å²) in [4.78, 5) is 25.4. The minimum absolute atomic E-state index is 0.0588. The van der Waals surface area contributed by atoms with Crippen molar-refractivity contribution in [1.29, 1.82) is 0 Å². The van der Waals surface area contributed by atoms with Crippen molar-refractivity contribution in [2.24, 2.45) is 5.92 Å². The van der Waals surface area contributed by atoms with E-state index in [1.54, 1.807) is 11.8 Å². The highest BCUT2D eigenvalue weighted by molar-refractivity contribution is 5.88. The Balaban J connectivity index is 1.78. The van der Waals surface area contributed by atoms with Gasteiger partial charge in [-0.25, -0.2) is 0 Å². The fourth-order valence-electron chi connectivity index (χ4n) is 3.47. The van der Waals surface area contributed by atoms with Crippen LogP contribution in [-0.4, -0.2) is 29.2 Å². The van der Waals surface area contributed by atoms with Crippen LogP contribution in [0.5, 0.6) is 0 Å². The molecule has 102 valence electrons. The largest absolute Gasteiger partial charge is 0.333 e. The Hall–Kier alpha value is -0.860. The van der Waals surface area contributed by atoms with Crippen LogP contribution in [0, 0.1) is 5.92 Å². The monoisotopic (exact) mass is 251 g/mol. The number of hydrogen-bond acceptors (Lipinski definition) is 2. The van der Waals surface area contributed by atoms with Crippen molar-refractivity contribution in [2.45, 2.75) is 70.8 Å². The van der Waals surface area contributed by atoms with E-state index in [-0.39, 0.29) is 11.9 Å². The maximum Gasteiger partial charge on any atom is 0.220 e. The van der Waals surface area contributed by atoms with Gasteiger partial charge in [-0.3, -0.25) is 9.59 Å². The van der Waals surface area contributed by atoms with Gasteiger partial charge in [-0.2, -0.15) is 0 Å². The van der Waals surface area contributed by atoms with E-state index in [1.165, 1.54) is 32.1 Å². The Kier molecular flexibility index (Phi) is 4.79. The molecule has 1 saturated carbocycles. The van der Waals surface area contributed by atoms with Gasteiger partial charge in [0, 0.05) is 19.9 Å². The van der Waals surface area contributed by atoms with Crippen LogP contribution < -0.4 is 0 Å². The van der Waals surface area contributed by atoms with Crippen LogP contribution in [0.4, 0.5) is 0 Å². The standard InChI is InChI=1S/C15H25NO2/c1-12(17)16-11-5-8-14(16)15(18)10-9-13-6-3-2-4-7-13/h13-14H,2-11H2,1H3. The van der Waals surface area contributed by atoms with E-state index in [1.807, 2.05) is 0 Å². The van der Waals surface area contributed by atoms with Gasteiger partial charge < -0.3 is 4.90 Å². The summed E-state index contributed by atoms with van der Waals surface area (Å²) in [5.74, 6) is 1.12. The molecule has 3 nitrogen and oxygen atoms in total. The second-order valence-electron chi connectivity index (χ2n) is 5.88. The molecule has 2 fully saturated rings. The highest BCUT2D eigenvalue weighted by atomic mass is 16.2. The third-order valence-electron chi connectivity index (χ3n) is 4.55. The van der Waals surface area contributed by atoms with Gasteiger partial charge in [-0.1, -0.05) is 32.1 Å². The zero-order chi connectivity index (χ0) is 13.0. The number of hydrogen-bond donors (Lipinski definition) is 0. The van der Waals surface area contributed by atoms with E-state index in [0.717, 1.165) is 31.7 Å². The van der Waals surface area contributed by atoms with Gasteiger partial charge in [0.15, 0.2) is 5.78 Å². The van der Waals surface area contributed by atoms with Crippen LogP contribution in [0.2, 0.25) is 0 Å². The molecule has 0 bridgehead atoms. The Morgan fingerprint density at radius 1 is 1.06 bits per heavy atom. The third kappa shape index (κ3) is 3.33. The fourth-order valence-corrected chi connectivity index (χ4v) is 3.47. The van der Waals surface area contributed by atoms with Crippen molar-refractivity contribution in [1.82, 2.24) is 4.90 Å². The first-order valence-electron chi connectivity index (χ1n) is 7.48. The minimum atomic E-state index is -0.105. The molecule has 2 rings (SSSR count). The average Bonchev–Trinajstić information content (AvgIpc) is 2.86. The average molecular weight is 251 g/mol. The van der Waals surface area contributed by atoms with Crippen molar-refractivity contribution in [3.05, 3.63) is 0 Å². The zero-order valence-electron chi connectivity index (χ0n) is 11.5. The Bertz CT molecular complexity index is 308. The molecule has 18 heavy (non-hydrogen) atoms. The molecule has 1 amide bonds. The Morgan fingerprint density at radius 2 is 1.78 bits per heavy atom. The Labute approximate surface area is 110 Å². The zero-order valence-corrected chi connectivity index (χ0v) is 11.5. The van der Waals surface area contributed by atoms with Crippen molar-refractivity contribution < 1.29 is 9.59 Å². The molecule has 1 aliphatic heterocycles. The maximum atomic E-state index is 12.2. The van der Waals surface area contributed by atoms with Gasteiger partial charge >= 0.3 is 0 Å². The molecule has 1 heterocycles. The quantitative estimate of drug-likeness (QED) is 0.770. The molecule has 0 N–H and O–H groups in total. The van der Waals surface area contributed by atoms with Crippen molar-refractivity contribution in [3.8, 4) is 0 Å². The van der Waals surface area contributed by atoms with Gasteiger partial charge in [-0.15, -0.1) is 0 Å². The normalized spacial score (nSPS) is 25.4. The van der Waals surface area contributed by atoms with Crippen molar-refractivity contribution >= 4 is 11.7 Å². The first-order chi connectivity index (χ1) is 8.68. The summed E-state index contributed by atoms with van der Waals surface area (Å²) < 4.78 is 0. The predicted molar refractivity (Wildman–Crippen MR) is 71.2 cm³/mol. The van der Waals surface area contributed by atoms with Gasteiger partial charge in [0.05, 0.1) is 6.04 Å². The molecule has 1 aliphatic carbocycles. The number of carbonyl (C=O) groups excluding carboxylic acids is 2. The number of carbonyl (C=O) groups is 2. The van der Waals surface area contributed by atoms with Crippen LogP contribution in [0.25, 0.3) is 0 Å². The predicted octanol–water partition coefficient (Wildman–Crippen LogP) is 2.93. The summed E-state index contributed by atoms with van der Waals surface area (Å²) in [6.45, 7) is 2.35. The highest BCUT2D eigenvalue weighted by Gasteiger charge is 2.32. The lowest BCUT2D eigenvalue weighted by Gasteiger charge is -2.24. The van der Waals surface area contributed by atoms with Crippen LogP contribution in [0.15, 0.2) is 0 Å². The van der Waals surface area contributed by atoms with Gasteiger partial charge in [-0.05, 0) is 25.2 Å². The second-order valence-corrected chi connectivity index (χ2v) is 5.88. The molecule has 0 aromatic heterocycles. The summed E-state index contributed by atoms with van der Waals surface area (Å²) in [6, 6.07) is -0.105. The van der Waals surface area contributed by atoms with E-state index in [2.05, 4.69) is 0 Å². The lowest BCUT2D eigenvalue weighted by atomic mass is 9.85. The summed E-state index contributed by atoms with van der Waals surface area (Å²) in [7, 11) is 0. The van der Waals surface area contributed by atoms with E-state index in [9.17, 15) is 9.59 Å². The van der Waals surface area contributed by atoms with E-state index < -0.39 is 0 Å². The summed E-state index contributed by atoms with van der Waals surface area (Å²) in [5, 5.41) is 0. The lowest BCUT2D eigenvalue weighted by Crippen LogP contribution is -2.39. The highest BCUT2D eigenvalue weighted by Crippen LogP contribution is 2.28. The molecule has 2 aliphatic rings. The summed E-state index contributed by atoms with van der Waals surface area (Å²) in [6.07, 6.45) is 10.2. The molecule has 0 radical (unpaired) electrons. The molecule has 1 saturated heterocycles. The van der Waals surface area contributed by atoms with Gasteiger partial charge in [0.2, 0.25) is 5.91 Å². The molecule has 3 heteroatoms. The smallest absolute Gasteiger partial charge is 0.220 e. The van der Waals surface area contributed by atoms with Crippen molar-refractivity contribution in [3.63, 3.8) is 0 Å². The van der Waals surface area contributed by atoms with E-state index >= 15 is 0 Å². The maximum absolute atomic E-state index is 12.2. The van der Waals surface area contributed by atoms with Crippen LogP contribution in [0.3, 0.4) is 0 Å². The topological polar surface area (TPSA) is 37.4 Å². The fraction of sp³-hybridized carbons (Fsp3) is 0.867. The van der Waals surface area contributed by atoms with Crippen molar-refractivity contribution in [2.75, 3.05) is 6.54 Å². The number of rotatable bonds is 4. The Morgan fingerprint density at radius 3 is 2.44 bits per heavy atom.